The normalized spacial score (nSPS) is 19.8. The molecular formula is C15H22O2. The van der Waals surface area contributed by atoms with Crippen molar-refractivity contribution in [3.63, 3.8) is 0 Å². The van der Waals surface area contributed by atoms with Crippen molar-refractivity contribution in [2.75, 3.05) is 7.11 Å². The molecule has 2 heteroatoms. The van der Waals surface area contributed by atoms with Crippen LogP contribution in [0.1, 0.15) is 36.0 Å². The maximum atomic E-state index is 10.4. The van der Waals surface area contributed by atoms with E-state index in [1.54, 1.807) is 7.11 Å². The molecule has 0 heterocycles. The van der Waals surface area contributed by atoms with Gasteiger partial charge in [0.05, 0.1) is 11.7 Å². The Kier molecular flexibility index (Phi) is 3.55. The molecule has 0 radical (unpaired) electrons. The van der Waals surface area contributed by atoms with E-state index in [-0.39, 0.29) is 11.7 Å². The highest BCUT2D eigenvalue weighted by molar-refractivity contribution is 5.34. The van der Waals surface area contributed by atoms with Gasteiger partial charge in [0.1, 0.15) is 0 Å². The zero-order valence-corrected chi connectivity index (χ0v) is 11.0. The van der Waals surface area contributed by atoms with Crippen LogP contribution in [-0.4, -0.2) is 23.9 Å². The van der Waals surface area contributed by atoms with E-state index in [9.17, 15) is 5.11 Å². The van der Waals surface area contributed by atoms with E-state index in [1.165, 1.54) is 16.7 Å². The lowest BCUT2D eigenvalue weighted by Gasteiger charge is -2.44. The fourth-order valence-electron chi connectivity index (χ4n) is 2.75. The Morgan fingerprint density at radius 2 is 1.88 bits per heavy atom. The molecule has 1 unspecified atom stereocenters. The summed E-state index contributed by atoms with van der Waals surface area (Å²) in [6, 6.07) is 6.28. The van der Waals surface area contributed by atoms with Crippen molar-refractivity contribution in [1.82, 2.24) is 0 Å². The van der Waals surface area contributed by atoms with E-state index in [0.29, 0.717) is 6.42 Å². The van der Waals surface area contributed by atoms with Gasteiger partial charge in [0.25, 0.3) is 0 Å². The number of rotatable bonds is 4. The SMILES string of the molecule is COC1(C(O)Cc2c(C)cccc2C)CCC1. The predicted octanol–water partition coefficient (Wildman–Crippen LogP) is 2.78. The first-order chi connectivity index (χ1) is 8.09. The van der Waals surface area contributed by atoms with E-state index in [2.05, 4.69) is 32.0 Å². The Balaban J connectivity index is 2.15. The average molecular weight is 234 g/mol. The second-order valence-electron chi connectivity index (χ2n) is 5.21. The summed E-state index contributed by atoms with van der Waals surface area (Å²) in [6.45, 7) is 4.21. The summed E-state index contributed by atoms with van der Waals surface area (Å²) in [5.74, 6) is 0. The number of aryl methyl sites for hydroxylation is 2. The monoisotopic (exact) mass is 234 g/mol. The van der Waals surface area contributed by atoms with Gasteiger partial charge in [0, 0.05) is 13.5 Å². The van der Waals surface area contributed by atoms with Crippen LogP contribution in [0.15, 0.2) is 18.2 Å². The Bertz CT molecular complexity index is 368. The molecule has 0 aromatic heterocycles. The standard InChI is InChI=1S/C15H22O2/c1-11-6-4-7-12(2)13(11)10-14(16)15(17-3)8-5-9-15/h4,6-7,14,16H,5,8-10H2,1-3H3. The Morgan fingerprint density at radius 3 is 2.29 bits per heavy atom. The number of aliphatic hydroxyl groups excluding tert-OH is 1. The predicted molar refractivity (Wildman–Crippen MR) is 69.2 cm³/mol. The molecule has 0 aliphatic heterocycles. The topological polar surface area (TPSA) is 29.5 Å². The van der Waals surface area contributed by atoms with Gasteiger partial charge in [-0.15, -0.1) is 0 Å². The van der Waals surface area contributed by atoms with Crippen LogP contribution < -0.4 is 0 Å². The molecule has 2 nitrogen and oxygen atoms in total. The number of aliphatic hydroxyl groups is 1. The summed E-state index contributed by atoms with van der Waals surface area (Å²) in [5, 5.41) is 10.4. The summed E-state index contributed by atoms with van der Waals surface area (Å²) in [6.07, 6.45) is 3.44. The zero-order valence-electron chi connectivity index (χ0n) is 11.0. The second kappa shape index (κ2) is 4.79. The molecule has 17 heavy (non-hydrogen) atoms. The fraction of sp³-hybridized carbons (Fsp3) is 0.600. The van der Waals surface area contributed by atoms with Crippen molar-refractivity contribution >= 4 is 0 Å². The van der Waals surface area contributed by atoms with Crippen molar-refractivity contribution in [1.29, 1.82) is 0 Å². The van der Waals surface area contributed by atoms with Crippen molar-refractivity contribution in [2.45, 2.75) is 51.2 Å². The first-order valence-corrected chi connectivity index (χ1v) is 6.37. The highest BCUT2D eigenvalue weighted by atomic mass is 16.5. The van der Waals surface area contributed by atoms with Crippen molar-refractivity contribution < 1.29 is 9.84 Å². The van der Waals surface area contributed by atoms with Gasteiger partial charge in [0.15, 0.2) is 0 Å². The van der Waals surface area contributed by atoms with Crippen LogP contribution in [-0.2, 0) is 11.2 Å². The Morgan fingerprint density at radius 1 is 1.29 bits per heavy atom. The van der Waals surface area contributed by atoms with Gasteiger partial charge in [-0.2, -0.15) is 0 Å². The number of benzene rings is 1. The quantitative estimate of drug-likeness (QED) is 0.868. The first-order valence-electron chi connectivity index (χ1n) is 6.37. The lowest BCUT2D eigenvalue weighted by atomic mass is 9.73. The summed E-state index contributed by atoms with van der Waals surface area (Å²) < 4.78 is 5.54. The molecule has 0 bridgehead atoms. The minimum atomic E-state index is -0.388. The van der Waals surface area contributed by atoms with Crippen molar-refractivity contribution in [3.05, 3.63) is 34.9 Å². The van der Waals surface area contributed by atoms with E-state index >= 15 is 0 Å². The highest BCUT2D eigenvalue weighted by Gasteiger charge is 2.43. The molecule has 0 spiro atoms. The molecule has 94 valence electrons. The molecule has 2 rings (SSSR count). The summed E-state index contributed by atoms with van der Waals surface area (Å²) >= 11 is 0. The molecule has 0 amide bonds. The summed E-state index contributed by atoms with van der Waals surface area (Å²) in [7, 11) is 1.72. The van der Waals surface area contributed by atoms with Crippen molar-refractivity contribution in [2.24, 2.45) is 0 Å². The molecular weight excluding hydrogens is 212 g/mol. The maximum absolute atomic E-state index is 10.4. The van der Waals surface area contributed by atoms with Crippen LogP contribution in [0.4, 0.5) is 0 Å². The third-order valence-electron chi connectivity index (χ3n) is 4.26. The van der Waals surface area contributed by atoms with Gasteiger partial charge in [-0.1, -0.05) is 18.2 Å². The molecule has 1 fully saturated rings. The van der Waals surface area contributed by atoms with Gasteiger partial charge >= 0.3 is 0 Å². The number of hydrogen-bond acceptors (Lipinski definition) is 2. The minimum Gasteiger partial charge on any atom is -0.390 e. The Labute approximate surface area is 104 Å². The van der Waals surface area contributed by atoms with Crippen LogP contribution in [0.5, 0.6) is 0 Å². The molecule has 1 aromatic rings. The first kappa shape index (κ1) is 12.6. The van der Waals surface area contributed by atoms with Crippen LogP contribution in [0.3, 0.4) is 0 Å². The van der Waals surface area contributed by atoms with Gasteiger partial charge in [0.2, 0.25) is 0 Å². The molecule has 0 saturated heterocycles. The fourth-order valence-corrected chi connectivity index (χ4v) is 2.75. The molecule has 1 aliphatic rings. The van der Waals surface area contributed by atoms with Crippen LogP contribution in [0.2, 0.25) is 0 Å². The van der Waals surface area contributed by atoms with Crippen molar-refractivity contribution in [3.8, 4) is 0 Å². The summed E-state index contributed by atoms with van der Waals surface area (Å²) in [5.41, 5.74) is 3.50. The van der Waals surface area contributed by atoms with Gasteiger partial charge in [-0.25, -0.2) is 0 Å². The van der Waals surface area contributed by atoms with Gasteiger partial charge in [-0.05, 0) is 49.8 Å². The molecule has 1 aliphatic carbocycles. The minimum absolute atomic E-state index is 0.283. The number of ether oxygens (including phenoxy) is 1. The smallest absolute Gasteiger partial charge is 0.0939 e. The number of hydrogen-bond donors (Lipinski definition) is 1. The van der Waals surface area contributed by atoms with Gasteiger partial charge < -0.3 is 9.84 Å². The lowest BCUT2D eigenvalue weighted by Crippen LogP contribution is -2.51. The Hall–Kier alpha value is -0.860. The zero-order chi connectivity index (χ0) is 12.5. The number of methoxy groups -OCH3 is 1. The average Bonchev–Trinajstić information content (AvgIpc) is 2.23. The van der Waals surface area contributed by atoms with Gasteiger partial charge in [-0.3, -0.25) is 0 Å². The summed E-state index contributed by atoms with van der Waals surface area (Å²) in [4.78, 5) is 0. The second-order valence-corrected chi connectivity index (χ2v) is 5.21. The third kappa shape index (κ3) is 2.24. The largest absolute Gasteiger partial charge is 0.390 e. The van der Waals surface area contributed by atoms with E-state index in [4.69, 9.17) is 4.74 Å². The lowest BCUT2D eigenvalue weighted by molar-refractivity contribution is -0.148. The molecule has 1 aromatic carbocycles. The molecule has 1 N–H and O–H groups in total. The van der Waals surface area contributed by atoms with E-state index < -0.39 is 0 Å². The highest BCUT2D eigenvalue weighted by Crippen LogP contribution is 2.39. The van der Waals surface area contributed by atoms with E-state index in [1.807, 2.05) is 0 Å². The maximum Gasteiger partial charge on any atom is 0.0939 e. The third-order valence-corrected chi connectivity index (χ3v) is 4.26. The molecule has 1 saturated carbocycles. The van der Waals surface area contributed by atoms with Crippen LogP contribution in [0.25, 0.3) is 0 Å². The van der Waals surface area contributed by atoms with Crippen LogP contribution in [0, 0.1) is 13.8 Å². The molecule has 1 atom stereocenters. The van der Waals surface area contributed by atoms with Crippen LogP contribution >= 0.6 is 0 Å². The van der Waals surface area contributed by atoms with E-state index in [0.717, 1.165) is 19.3 Å².